The summed E-state index contributed by atoms with van der Waals surface area (Å²) in [7, 11) is 0. The van der Waals surface area contributed by atoms with Crippen LogP contribution in [0.4, 0.5) is 16.2 Å². The van der Waals surface area contributed by atoms with Crippen molar-refractivity contribution in [2.75, 3.05) is 10.2 Å². The number of carboxylic acids is 1. The van der Waals surface area contributed by atoms with Crippen molar-refractivity contribution in [3.05, 3.63) is 59.7 Å². The number of hydrogen-bond acceptors (Lipinski definition) is 6. The van der Waals surface area contributed by atoms with Crippen molar-refractivity contribution in [2.24, 2.45) is 0 Å². The van der Waals surface area contributed by atoms with E-state index in [0.29, 0.717) is 11.3 Å². The van der Waals surface area contributed by atoms with Crippen LogP contribution in [0.1, 0.15) is 15.9 Å². The van der Waals surface area contributed by atoms with Crippen molar-refractivity contribution in [3.63, 3.8) is 0 Å². The van der Waals surface area contributed by atoms with Gasteiger partial charge in [-0.05, 0) is 36.4 Å². The molecule has 24 heavy (non-hydrogen) atoms. The highest BCUT2D eigenvalue weighted by molar-refractivity contribution is 8.16. The standard InChI is InChI=1S/C17H14N2O4S/c1-10-6-5-9-12(16(21)22)13(10)18-14-15(20)19(17(23)24-14)11-7-3-2-4-8-11/h2-9,14,18H,1H3,(H,21,22)/p-1/t14-/m1/s1. The van der Waals surface area contributed by atoms with Gasteiger partial charge in [0, 0.05) is 11.3 Å². The van der Waals surface area contributed by atoms with Gasteiger partial charge in [0.15, 0.2) is 5.37 Å². The van der Waals surface area contributed by atoms with Gasteiger partial charge in [-0.15, -0.1) is 0 Å². The molecule has 0 bridgehead atoms. The second kappa shape index (κ2) is 6.37. The Labute approximate surface area is 142 Å². The van der Waals surface area contributed by atoms with E-state index in [1.54, 1.807) is 49.4 Å². The van der Waals surface area contributed by atoms with Crippen molar-refractivity contribution in [1.29, 1.82) is 0 Å². The summed E-state index contributed by atoms with van der Waals surface area (Å²) in [4.78, 5) is 37.1. The van der Waals surface area contributed by atoms with Gasteiger partial charge in [0.25, 0.3) is 11.1 Å². The molecular formula is C17H13N2O4S-. The number of aromatic carboxylic acids is 1. The van der Waals surface area contributed by atoms with E-state index < -0.39 is 22.5 Å². The van der Waals surface area contributed by atoms with Crippen molar-refractivity contribution in [1.82, 2.24) is 0 Å². The summed E-state index contributed by atoms with van der Waals surface area (Å²) in [5.41, 5.74) is 1.37. The Morgan fingerprint density at radius 1 is 1.12 bits per heavy atom. The Kier molecular flexibility index (Phi) is 4.26. The number of anilines is 2. The van der Waals surface area contributed by atoms with Crippen LogP contribution in [0.5, 0.6) is 0 Å². The van der Waals surface area contributed by atoms with Crippen LogP contribution < -0.4 is 15.3 Å². The molecule has 1 heterocycles. The van der Waals surface area contributed by atoms with Gasteiger partial charge in [-0.2, -0.15) is 0 Å². The van der Waals surface area contributed by atoms with E-state index in [-0.39, 0.29) is 11.3 Å². The first kappa shape index (κ1) is 16.1. The Morgan fingerprint density at radius 2 is 1.83 bits per heavy atom. The number of carbonyl (C=O) groups is 3. The zero-order chi connectivity index (χ0) is 17.3. The molecule has 122 valence electrons. The average Bonchev–Trinajstić information content (AvgIpc) is 2.84. The van der Waals surface area contributed by atoms with Crippen LogP contribution in [0.15, 0.2) is 48.5 Å². The van der Waals surface area contributed by atoms with Crippen LogP contribution in [-0.2, 0) is 4.79 Å². The first-order chi connectivity index (χ1) is 11.5. The lowest BCUT2D eigenvalue weighted by molar-refractivity contribution is -0.254. The summed E-state index contributed by atoms with van der Waals surface area (Å²) in [6.07, 6.45) is 0. The zero-order valence-electron chi connectivity index (χ0n) is 12.7. The molecular weight excluding hydrogens is 328 g/mol. The van der Waals surface area contributed by atoms with Gasteiger partial charge in [-0.1, -0.05) is 36.4 Å². The number of carbonyl (C=O) groups excluding carboxylic acids is 3. The van der Waals surface area contributed by atoms with Gasteiger partial charge in [0.05, 0.1) is 11.7 Å². The van der Waals surface area contributed by atoms with E-state index in [2.05, 4.69) is 5.32 Å². The quantitative estimate of drug-likeness (QED) is 0.915. The molecule has 0 aliphatic carbocycles. The maximum absolute atomic E-state index is 12.6. The van der Waals surface area contributed by atoms with Gasteiger partial charge in [-0.25, -0.2) is 4.90 Å². The molecule has 3 rings (SSSR count). The van der Waals surface area contributed by atoms with Crippen molar-refractivity contribution >= 4 is 40.3 Å². The molecule has 2 amide bonds. The number of amides is 2. The van der Waals surface area contributed by atoms with E-state index in [1.165, 1.54) is 6.07 Å². The SMILES string of the molecule is Cc1cccc(C(=O)[O-])c1N[C@@H]1SC(=O)N(c2ccccc2)C1=O. The minimum Gasteiger partial charge on any atom is -0.545 e. The molecule has 2 aromatic carbocycles. The molecule has 1 aliphatic rings. The fourth-order valence-electron chi connectivity index (χ4n) is 2.47. The molecule has 0 radical (unpaired) electrons. The summed E-state index contributed by atoms with van der Waals surface area (Å²) in [6.45, 7) is 1.72. The third-order valence-electron chi connectivity index (χ3n) is 3.63. The normalized spacial score (nSPS) is 17.2. The van der Waals surface area contributed by atoms with Crippen LogP contribution in [0.2, 0.25) is 0 Å². The van der Waals surface area contributed by atoms with E-state index in [4.69, 9.17) is 0 Å². The van der Waals surface area contributed by atoms with E-state index in [1.807, 2.05) is 0 Å². The first-order valence-electron chi connectivity index (χ1n) is 7.16. The number of imide groups is 1. The molecule has 2 aromatic rings. The molecule has 0 aromatic heterocycles. The van der Waals surface area contributed by atoms with Crippen molar-refractivity contribution in [3.8, 4) is 0 Å². The van der Waals surface area contributed by atoms with Crippen molar-refractivity contribution in [2.45, 2.75) is 12.3 Å². The number of nitrogens with one attached hydrogen (secondary N) is 1. The number of nitrogens with zero attached hydrogens (tertiary/aromatic N) is 1. The highest BCUT2D eigenvalue weighted by atomic mass is 32.2. The van der Waals surface area contributed by atoms with Crippen LogP contribution in [0, 0.1) is 6.92 Å². The Morgan fingerprint density at radius 3 is 2.50 bits per heavy atom. The average molecular weight is 341 g/mol. The van der Waals surface area contributed by atoms with Gasteiger partial charge in [0.2, 0.25) is 0 Å². The number of carboxylic acid groups (broad SMARTS) is 1. The van der Waals surface area contributed by atoms with Gasteiger partial charge >= 0.3 is 0 Å². The van der Waals surface area contributed by atoms with Gasteiger partial charge in [-0.3, -0.25) is 9.59 Å². The van der Waals surface area contributed by atoms with Gasteiger partial charge in [0.1, 0.15) is 0 Å². The molecule has 0 spiro atoms. The minimum absolute atomic E-state index is 0.0472. The number of para-hydroxylation sites is 2. The predicted octanol–water partition coefficient (Wildman–Crippen LogP) is 2.00. The predicted molar refractivity (Wildman–Crippen MR) is 89.8 cm³/mol. The van der Waals surface area contributed by atoms with Crippen LogP contribution in [-0.4, -0.2) is 22.5 Å². The molecule has 7 heteroatoms. The summed E-state index contributed by atoms with van der Waals surface area (Å²) in [5, 5.41) is 12.8. The molecule has 1 aliphatic heterocycles. The van der Waals surface area contributed by atoms with E-state index >= 15 is 0 Å². The van der Waals surface area contributed by atoms with Crippen molar-refractivity contribution < 1.29 is 19.5 Å². The monoisotopic (exact) mass is 341 g/mol. The number of rotatable bonds is 4. The summed E-state index contributed by atoms with van der Waals surface area (Å²) in [6, 6.07) is 13.3. The molecule has 1 atom stereocenters. The largest absolute Gasteiger partial charge is 0.545 e. The Balaban J connectivity index is 1.90. The molecule has 0 unspecified atom stereocenters. The second-order valence-corrected chi connectivity index (χ2v) is 6.26. The highest BCUT2D eigenvalue weighted by Crippen LogP contribution is 2.33. The maximum atomic E-state index is 12.6. The Bertz CT molecular complexity index is 823. The van der Waals surface area contributed by atoms with E-state index in [9.17, 15) is 19.5 Å². The molecule has 1 fully saturated rings. The number of hydrogen-bond donors (Lipinski definition) is 1. The molecule has 0 saturated carbocycles. The lowest BCUT2D eigenvalue weighted by Gasteiger charge is -2.19. The highest BCUT2D eigenvalue weighted by Gasteiger charge is 2.41. The lowest BCUT2D eigenvalue weighted by Crippen LogP contribution is -2.35. The minimum atomic E-state index is -1.34. The topological polar surface area (TPSA) is 89.5 Å². The third kappa shape index (κ3) is 2.85. The number of benzene rings is 2. The second-order valence-electron chi connectivity index (χ2n) is 5.20. The summed E-state index contributed by atoms with van der Waals surface area (Å²) >= 11 is 0.814. The van der Waals surface area contributed by atoms with Crippen LogP contribution in [0.3, 0.4) is 0 Å². The molecule has 1 N–H and O–H groups in total. The zero-order valence-corrected chi connectivity index (χ0v) is 13.5. The number of thioether (sulfide) groups is 1. The van der Waals surface area contributed by atoms with E-state index in [0.717, 1.165) is 16.7 Å². The maximum Gasteiger partial charge on any atom is 0.295 e. The van der Waals surface area contributed by atoms with Crippen LogP contribution >= 0.6 is 11.8 Å². The Hall–Kier alpha value is -2.80. The number of aryl methyl sites for hydroxylation is 1. The first-order valence-corrected chi connectivity index (χ1v) is 8.04. The smallest absolute Gasteiger partial charge is 0.295 e. The summed E-state index contributed by atoms with van der Waals surface area (Å²) in [5.74, 6) is -1.79. The third-order valence-corrected chi connectivity index (χ3v) is 4.57. The lowest BCUT2D eigenvalue weighted by atomic mass is 10.1. The fourth-order valence-corrected chi connectivity index (χ4v) is 3.36. The summed E-state index contributed by atoms with van der Waals surface area (Å²) < 4.78 is 0. The fraction of sp³-hybridized carbons (Fsp3) is 0.118. The van der Waals surface area contributed by atoms with Gasteiger partial charge < -0.3 is 15.2 Å². The molecule has 6 nitrogen and oxygen atoms in total. The van der Waals surface area contributed by atoms with Crippen LogP contribution in [0.25, 0.3) is 0 Å². The molecule has 1 saturated heterocycles.